The second-order valence-corrected chi connectivity index (χ2v) is 5.78. The Bertz CT molecular complexity index is 596. The Labute approximate surface area is 111 Å². The SMILES string of the molecule is O=C1CC(c2nc3ccccc3[nH]2)CN1CC1CC1. The van der Waals surface area contributed by atoms with E-state index < -0.39 is 0 Å². The molecule has 0 spiro atoms. The molecule has 2 aliphatic rings. The van der Waals surface area contributed by atoms with Crippen molar-refractivity contribution >= 4 is 16.9 Å². The van der Waals surface area contributed by atoms with Crippen molar-refractivity contribution in [2.24, 2.45) is 5.92 Å². The third-order valence-corrected chi connectivity index (χ3v) is 4.18. The van der Waals surface area contributed by atoms with E-state index in [-0.39, 0.29) is 11.8 Å². The predicted octanol–water partition coefficient (Wildman–Crippen LogP) is 2.29. The number of para-hydroxylation sites is 2. The maximum atomic E-state index is 12.0. The van der Waals surface area contributed by atoms with Crippen LogP contribution in [0.3, 0.4) is 0 Å². The average Bonchev–Trinajstić information content (AvgIpc) is 3.00. The van der Waals surface area contributed by atoms with Gasteiger partial charge >= 0.3 is 0 Å². The van der Waals surface area contributed by atoms with Crippen molar-refractivity contribution in [1.29, 1.82) is 0 Å². The summed E-state index contributed by atoms with van der Waals surface area (Å²) >= 11 is 0. The van der Waals surface area contributed by atoms with Gasteiger partial charge in [0.15, 0.2) is 0 Å². The van der Waals surface area contributed by atoms with Gasteiger partial charge in [-0.15, -0.1) is 0 Å². The number of benzene rings is 1. The fourth-order valence-corrected chi connectivity index (χ4v) is 2.91. The first kappa shape index (κ1) is 11.0. The molecule has 1 atom stereocenters. The number of hydrogen-bond donors (Lipinski definition) is 1. The van der Waals surface area contributed by atoms with E-state index in [4.69, 9.17) is 0 Å². The monoisotopic (exact) mass is 255 g/mol. The normalized spacial score (nSPS) is 23.5. The summed E-state index contributed by atoms with van der Waals surface area (Å²) in [7, 11) is 0. The Balaban J connectivity index is 1.57. The molecule has 19 heavy (non-hydrogen) atoms. The summed E-state index contributed by atoms with van der Waals surface area (Å²) in [6, 6.07) is 8.04. The highest BCUT2D eigenvalue weighted by molar-refractivity contribution is 5.80. The zero-order chi connectivity index (χ0) is 12.8. The molecule has 1 amide bonds. The number of H-pyrrole nitrogens is 1. The van der Waals surface area contributed by atoms with E-state index in [0.717, 1.165) is 35.9 Å². The summed E-state index contributed by atoms with van der Waals surface area (Å²) < 4.78 is 0. The molecule has 4 nitrogen and oxygen atoms in total. The minimum Gasteiger partial charge on any atom is -0.342 e. The topological polar surface area (TPSA) is 49.0 Å². The maximum Gasteiger partial charge on any atom is 0.223 e. The van der Waals surface area contributed by atoms with Crippen molar-refractivity contribution in [2.75, 3.05) is 13.1 Å². The first-order chi connectivity index (χ1) is 9.29. The van der Waals surface area contributed by atoms with Crippen LogP contribution in [0.25, 0.3) is 11.0 Å². The Kier molecular flexibility index (Phi) is 2.37. The highest BCUT2D eigenvalue weighted by atomic mass is 16.2. The lowest BCUT2D eigenvalue weighted by molar-refractivity contribution is -0.127. The smallest absolute Gasteiger partial charge is 0.223 e. The van der Waals surface area contributed by atoms with Gasteiger partial charge in [-0.25, -0.2) is 4.98 Å². The number of carbonyl (C=O) groups excluding carboxylic acids is 1. The minimum atomic E-state index is 0.235. The second-order valence-electron chi connectivity index (χ2n) is 5.78. The van der Waals surface area contributed by atoms with Crippen molar-refractivity contribution in [2.45, 2.75) is 25.2 Å². The number of aromatic nitrogens is 2. The highest BCUT2D eigenvalue weighted by Crippen LogP contribution is 2.34. The molecule has 1 aliphatic heterocycles. The van der Waals surface area contributed by atoms with Crippen LogP contribution in [0, 0.1) is 5.92 Å². The maximum absolute atomic E-state index is 12.0. The molecule has 1 aromatic heterocycles. The average molecular weight is 255 g/mol. The van der Waals surface area contributed by atoms with Gasteiger partial charge in [-0.2, -0.15) is 0 Å². The van der Waals surface area contributed by atoms with Gasteiger partial charge in [0.25, 0.3) is 0 Å². The Hall–Kier alpha value is -1.84. The first-order valence-electron chi connectivity index (χ1n) is 7.02. The molecule has 0 radical (unpaired) electrons. The fraction of sp³-hybridized carbons (Fsp3) is 0.467. The number of likely N-dealkylation sites (tertiary alicyclic amines) is 1. The number of fused-ring (bicyclic) bond motifs is 1. The molecule has 1 saturated carbocycles. The molecule has 4 rings (SSSR count). The number of amides is 1. The van der Waals surface area contributed by atoms with Crippen LogP contribution in [0.4, 0.5) is 0 Å². The van der Waals surface area contributed by atoms with Crippen LogP contribution in [-0.2, 0) is 4.79 Å². The van der Waals surface area contributed by atoms with E-state index in [9.17, 15) is 4.79 Å². The molecule has 1 N–H and O–H groups in total. The summed E-state index contributed by atoms with van der Waals surface area (Å²) in [6.45, 7) is 1.78. The van der Waals surface area contributed by atoms with Crippen LogP contribution in [0.15, 0.2) is 24.3 Å². The van der Waals surface area contributed by atoms with Crippen molar-refractivity contribution in [3.63, 3.8) is 0 Å². The third kappa shape index (κ3) is 2.01. The zero-order valence-corrected chi connectivity index (χ0v) is 10.8. The molecule has 0 bridgehead atoms. The lowest BCUT2D eigenvalue weighted by atomic mass is 10.1. The highest BCUT2D eigenvalue weighted by Gasteiger charge is 2.35. The van der Waals surface area contributed by atoms with Crippen LogP contribution in [0.5, 0.6) is 0 Å². The summed E-state index contributed by atoms with van der Waals surface area (Å²) in [4.78, 5) is 22.0. The van der Waals surface area contributed by atoms with Gasteiger partial charge in [0.05, 0.1) is 11.0 Å². The summed E-state index contributed by atoms with van der Waals surface area (Å²) in [5.74, 6) is 2.25. The zero-order valence-electron chi connectivity index (χ0n) is 10.8. The quantitative estimate of drug-likeness (QED) is 0.914. The summed E-state index contributed by atoms with van der Waals surface area (Å²) in [5, 5.41) is 0. The number of imidazole rings is 1. The van der Waals surface area contributed by atoms with E-state index >= 15 is 0 Å². The Morgan fingerprint density at radius 2 is 2.16 bits per heavy atom. The Morgan fingerprint density at radius 3 is 2.95 bits per heavy atom. The molecule has 2 fully saturated rings. The third-order valence-electron chi connectivity index (χ3n) is 4.18. The van der Waals surface area contributed by atoms with E-state index in [1.807, 2.05) is 29.2 Å². The van der Waals surface area contributed by atoms with Crippen LogP contribution in [-0.4, -0.2) is 33.9 Å². The van der Waals surface area contributed by atoms with Crippen molar-refractivity contribution in [1.82, 2.24) is 14.9 Å². The number of aromatic amines is 1. The summed E-state index contributed by atoms with van der Waals surface area (Å²) in [5.41, 5.74) is 2.05. The van der Waals surface area contributed by atoms with Gasteiger partial charge in [-0.05, 0) is 30.9 Å². The Morgan fingerprint density at radius 1 is 1.32 bits per heavy atom. The van der Waals surface area contributed by atoms with Gasteiger partial charge in [0, 0.05) is 25.4 Å². The lowest BCUT2D eigenvalue weighted by Crippen LogP contribution is -2.27. The van der Waals surface area contributed by atoms with Gasteiger partial charge in [0.1, 0.15) is 5.82 Å². The molecule has 2 heterocycles. The molecular formula is C15H17N3O. The number of nitrogens with one attached hydrogen (secondary N) is 1. The van der Waals surface area contributed by atoms with Gasteiger partial charge in [0.2, 0.25) is 5.91 Å². The van der Waals surface area contributed by atoms with Crippen molar-refractivity contribution in [3.8, 4) is 0 Å². The fourth-order valence-electron chi connectivity index (χ4n) is 2.91. The van der Waals surface area contributed by atoms with Crippen LogP contribution in [0.2, 0.25) is 0 Å². The predicted molar refractivity (Wildman–Crippen MR) is 72.8 cm³/mol. The number of hydrogen-bond acceptors (Lipinski definition) is 2. The van der Waals surface area contributed by atoms with Gasteiger partial charge in [-0.1, -0.05) is 12.1 Å². The molecular weight excluding hydrogens is 238 g/mol. The van der Waals surface area contributed by atoms with Gasteiger partial charge in [-0.3, -0.25) is 4.79 Å². The second kappa shape index (κ2) is 4.08. The molecule has 1 unspecified atom stereocenters. The summed E-state index contributed by atoms with van der Waals surface area (Å²) in [6.07, 6.45) is 3.19. The number of rotatable bonds is 3. The minimum absolute atomic E-state index is 0.235. The molecule has 98 valence electrons. The van der Waals surface area contributed by atoms with Crippen LogP contribution < -0.4 is 0 Å². The molecule has 4 heteroatoms. The number of carbonyl (C=O) groups is 1. The standard InChI is InChI=1S/C15H17N3O/c19-14-7-11(9-18(14)8-10-5-6-10)15-16-12-3-1-2-4-13(12)17-15/h1-4,10-11H,5-9H2,(H,16,17). The van der Waals surface area contributed by atoms with Crippen LogP contribution >= 0.6 is 0 Å². The molecule has 2 aromatic rings. The molecule has 1 aliphatic carbocycles. The van der Waals surface area contributed by atoms with Crippen molar-refractivity contribution in [3.05, 3.63) is 30.1 Å². The lowest BCUT2D eigenvalue weighted by Gasteiger charge is -2.15. The number of nitrogens with zero attached hydrogens (tertiary/aromatic N) is 2. The van der Waals surface area contributed by atoms with E-state index in [0.29, 0.717) is 6.42 Å². The largest absolute Gasteiger partial charge is 0.342 e. The molecule has 1 saturated heterocycles. The van der Waals surface area contributed by atoms with E-state index in [1.165, 1.54) is 12.8 Å². The van der Waals surface area contributed by atoms with Gasteiger partial charge < -0.3 is 9.88 Å². The van der Waals surface area contributed by atoms with E-state index in [1.54, 1.807) is 0 Å². The van der Waals surface area contributed by atoms with E-state index in [2.05, 4.69) is 9.97 Å². The van der Waals surface area contributed by atoms with Crippen molar-refractivity contribution < 1.29 is 4.79 Å². The van der Waals surface area contributed by atoms with Crippen LogP contribution in [0.1, 0.15) is 31.0 Å². The first-order valence-corrected chi connectivity index (χ1v) is 7.02. The molecule has 1 aromatic carbocycles.